The smallest absolute Gasteiger partial charge is 0.321 e. The topological polar surface area (TPSA) is 78.9 Å². The summed E-state index contributed by atoms with van der Waals surface area (Å²) >= 11 is 0. The molecule has 164 valence electrons. The number of carbonyl (C=O) groups excluding carboxylic acids is 3. The Morgan fingerprint density at radius 3 is 1.45 bits per heavy atom. The Hall–Kier alpha value is -3.41. The molecule has 2 aromatic carbocycles. The quantitative estimate of drug-likeness (QED) is 0.325. The lowest BCUT2D eigenvalue weighted by Crippen LogP contribution is -2.38. The van der Waals surface area contributed by atoms with Crippen LogP contribution in [0.2, 0.25) is 0 Å². The summed E-state index contributed by atoms with van der Waals surface area (Å²) in [6.45, 7) is 5.17. The van der Waals surface area contributed by atoms with Crippen LogP contribution in [0.1, 0.15) is 31.9 Å². The van der Waals surface area contributed by atoms with Gasteiger partial charge in [0, 0.05) is 0 Å². The molecule has 6 heteroatoms. The molecule has 0 fully saturated rings. The van der Waals surface area contributed by atoms with E-state index in [1.807, 2.05) is 60.7 Å². The molecule has 1 atom stereocenters. The minimum atomic E-state index is -1.47. The van der Waals surface area contributed by atoms with E-state index in [0.29, 0.717) is 5.57 Å². The highest BCUT2D eigenvalue weighted by Gasteiger charge is 2.41. The third kappa shape index (κ3) is 6.54. The molecule has 2 aromatic rings. The maximum absolute atomic E-state index is 12.9. The molecule has 0 N–H and O–H groups in total. The summed E-state index contributed by atoms with van der Waals surface area (Å²) in [6, 6.07) is 18.8. The van der Waals surface area contributed by atoms with E-state index in [2.05, 4.69) is 0 Å². The van der Waals surface area contributed by atoms with E-state index < -0.39 is 29.7 Å². The molecule has 0 aromatic heterocycles. The fraction of sp³-hybridized carbons (Fsp3) is 0.320. The van der Waals surface area contributed by atoms with Crippen LogP contribution in [0.5, 0.6) is 0 Å². The van der Waals surface area contributed by atoms with Gasteiger partial charge in [-0.25, -0.2) is 0 Å². The number of esters is 3. The number of ether oxygens (including phenoxy) is 3. The lowest BCUT2D eigenvalue weighted by Gasteiger charge is -2.22. The lowest BCUT2D eigenvalue weighted by atomic mass is 9.86. The Morgan fingerprint density at radius 2 is 1.06 bits per heavy atom. The summed E-state index contributed by atoms with van der Waals surface area (Å²) in [4.78, 5) is 38.3. The van der Waals surface area contributed by atoms with Crippen LogP contribution < -0.4 is 0 Å². The summed E-state index contributed by atoms with van der Waals surface area (Å²) in [5, 5.41) is 0. The van der Waals surface area contributed by atoms with Gasteiger partial charge in [-0.1, -0.05) is 66.7 Å². The molecule has 0 saturated heterocycles. The first-order chi connectivity index (χ1) is 15.0. The molecule has 0 aliphatic carbocycles. The fourth-order valence-electron chi connectivity index (χ4n) is 3.17. The van der Waals surface area contributed by atoms with Crippen molar-refractivity contribution in [3.8, 4) is 0 Å². The zero-order valence-corrected chi connectivity index (χ0v) is 18.1. The SMILES string of the molecule is CCOC(=O)C(C=C(c1ccccc1)c1ccccc1)C(C(=O)OCC)C(=O)OCC. The zero-order valence-electron chi connectivity index (χ0n) is 18.1. The lowest BCUT2D eigenvalue weighted by molar-refractivity contribution is -0.169. The third-order valence-electron chi connectivity index (χ3n) is 4.51. The van der Waals surface area contributed by atoms with Crippen LogP contribution in [0.4, 0.5) is 0 Å². The Kier molecular flexibility index (Phi) is 9.49. The van der Waals surface area contributed by atoms with E-state index in [4.69, 9.17) is 14.2 Å². The van der Waals surface area contributed by atoms with Crippen molar-refractivity contribution < 1.29 is 28.6 Å². The van der Waals surface area contributed by atoms with Crippen LogP contribution in [0.25, 0.3) is 5.57 Å². The van der Waals surface area contributed by atoms with E-state index in [-0.39, 0.29) is 19.8 Å². The van der Waals surface area contributed by atoms with Crippen molar-refractivity contribution in [2.75, 3.05) is 19.8 Å². The minimum Gasteiger partial charge on any atom is -0.466 e. The van der Waals surface area contributed by atoms with Crippen LogP contribution in [0.15, 0.2) is 66.7 Å². The van der Waals surface area contributed by atoms with Gasteiger partial charge < -0.3 is 14.2 Å². The van der Waals surface area contributed by atoms with Gasteiger partial charge in [0.15, 0.2) is 5.92 Å². The van der Waals surface area contributed by atoms with Crippen molar-refractivity contribution in [3.63, 3.8) is 0 Å². The Balaban J connectivity index is 2.67. The Bertz CT molecular complexity index is 829. The molecule has 0 saturated carbocycles. The molecule has 0 radical (unpaired) electrons. The van der Waals surface area contributed by atoms with Gasteiger partial charge in [0.1, 0.15) is 0 Å². The minimum absolute atomic E-state index is 0.0677. The Morgan fingerprint density at radius 1 is 0.677 bits per heavy atom. The average molecular weight is 424 g/mol. The second kappa shape index (κ2) is 12.3. The highest BCUT2D eigenvalue weighted by molar-refractivity contribution is 6.00. The molecular weight excluding hydrogens is 396 g/mol. The van der Waals surface area contributed by atoms with E-state index >= 15 is 0 Å². The normalized spacial score (nSPS) is 11.4. The van der Waals surface area contributed by atoms with Gasteiger partial charge in [-0.05, 0) is 37.5 Å². The summed E-state index contributed by atoms with van der Waals surface area (Å²) in [5.41, 5.74) is 2.35. The maximum Gasteiger partial charge on any atom is 0.321 e. The van der Waals surface area contributed by atoms with E-state index in [1.165, 1.54) is 0 Å². The molecule has 6 nitrogen and oxygen atoms in total. The molecular formula is C25H28O6. The van der Waals surface area contributed by atoms with Gasteiger partial charge in [-0.15, -0.1) is 0 Å². The molecule has 0 bridgehead atoms. The predicted molar refractivity (Wildman–Crippen MR) is 117 cm³/mol. The summed E-state index contributed by atoms with van der Waals surface area (Å²) in [6.07, 6.45) is 1.60. The summed E-state index contributed by atoms with van der Waals surface area (Å²) in [5.74, 6) is -5.03. The zero-order chi connectivity index (χ0) is 22.6. The molecule has 31 heavy (non-hydrogen) atoms. The van der Waals surface area contributed by atoms with Gasteiger partial charge in [0.05, 0.1) is 25.7 Å². The molecule has 0 aliphatic rings. The second-order valence-corrected chi connectivity index (χ2v) is 6.57. The first kappa shape index (κ1) is 23.9. The molecule has 0 amide bonds. The van der Waals surface area contributed by atoms with Crippen molar-refractivity contribution in [2.45, 2.75) is 20.8 Å². The van der Waals surface area contributed by atoms with Crippen molar-refractivity contribution in [3.05, 3.63) is 77.9 Å². The van der Waals surface area contributed by atoms with E-state index in [1.54, 1.807) is 26.8 Å². The third-order valence-corrected chi connectivity index (χ3v) is 4.51. The van der Waals surface area contributed by atoms with Crippen LogP contribution in [0.3, 0.4) is 0 Å². The van der Waals surface area contributed by atoms with Crippen LogP contribution >= 0.6 is 0 Å². The van der Waals surface area contributed by atoms with Gasteiger partial charge in [0.2, 0.25) is 0 Å². The van der Waals surface area contributed by atoms with Crippen molar-refractivity contribution in [2.24, 2.45) is 11.8 Å². The maximum atomic E-state index is 12.9. The highest BCUT2D eigenvalue weighted by atomic mass is 16.6. The molecule has 1 unspecified atom stereocenters. The number of rotatable bonds is 10. The first-order valence-electron chi connectivity index (χ1n) is 10.4. The second-order valence-electron chi connectivity index (χ2n) is 6.57. The molecule has 2 rings (SSSR count). The highest BCUT2D eigenvalue weighted by Crippen LogP contribution is 2.29. The fourth-order valence-corrected chi connectivity index (χ4v) is 3.17. The van der Waals surface area contributed by atoms with Crippen LogP contribution in [0, 0.1) is 11.8 Å². The number of hydrogen-bond acceptors (Lipinski definition) is 6. The molecule has 0 spiro atoms. The molecule has 0 aliphatic heterocycles. The predicted octanol–water partition coefficient (Wildman–Crippen LogP) is 4.04. The van der Waals surface area contributed by atoms with Gasteiger partial charge in [-0.2, -0.15) is 0 Å². The van der Waals surface area contributed by atoms with Gasteiger partial charge in [0.25, 0.3) is 0 Å². The number of hydrogen-bond donors (Lipinski definition) is 0. The monoisotopic (exact) mass is 424 g/mol. The van der Waals surface area contributed by atoms with Crippen LogP contribution in [-0.2, 0) is 28.6 Å². The standard InChI is InChI=1S/C25H28O6/c1-4-29-23(26)21(22(24(27)30-5-2)25(28)31-6-3)17-20(18-13-9-7-10-14-18)19-15-11-8-12-16-19/h7-17,21-22H,4-6H2,1-3H3. The number of carbonyl (C=O) groups is 3. The van der Waals surface area contributed by atoms with E-state index in [0.717, 1.165) is 11.1 Å². The molecule has 0 heterocycles. The van der Waals surface area contributed by atoms with Gasteiger partial charge in [-0.3, -0.25) is 14.4 Å². The largest absolute Gasteiger partial charge is 0.466 e. The van der Waals surface area contributed by atoms with Crippen molar-refractivity contribution >= 4 is 23.5 Å². The van der Waals surface area contributed by atoms with Crippen molar-refractivity contribution in [1.82, 2.24) is 0 Å². The Labute approximate surface area is 182 Å². The van der Waals surface area contributed by atoms with Crippen LogP contribution in [-0.4, -0.2) is 37.7 Å². The van der Waals surface area contributed by atoms with E-state index in [9.17, 15) is 14.4 Å². The number of benzene rings is 2. The average Bonchev–Trinajstić information content (AvgIpc) is 2.78. The summed E-state index contributed by atoms with van der Waals surface area (Å²) < 4.78 is 15.4. The van der Waals surface area contributed by atoms with Crippen molar-refractivity contribution in [1.29, 1.82) is 0 Å². The van der Waals surface area contributed by atoms with Gasteiger partial charge >= 0.3 is 17.9 Å². The first-order valence-corrected chi connectivity index (χ1v) is 10.4. The summed E-state index contributed by atoms with van der Waals surface area (Å²) in [7, 11) is 0.